The number of aromatic nitrogens is 4. The second kappa shape index (κ2) is 7.48. The van der Waals surface area contributed by atoms with E-state index in [1.54, 1.807) is 20.3 Å². The Kier molecular flexibility index (Phi) is 4.98. The molecule has 0 spiro atoms. The summed E-state index contributed by atoms with van der Waals surface area (Å²) < 4.78 is 9.07. The number of nitriles is 1. The molecule has 4 heterocycles. The van der Waals surface area contributed by atoms with Gasteiger partial charge in [0.2, 0.25) is 0 Å². The molecule has 0 saturated carbocycles. The predicted octanol–water partition coefficient (Wildman–Crippen LogP) is 3.72. The first-order chi connectivity index (χ1) is 14.2. The largest absolute Gasteiger partial charge is 0.444 e. The summed E-state index contributed by atoms with van der Waals surface area (Å²) in [6.45, 7) is 6.88. The first-order valence-electron chi connectivity index (χ1n) is 10.1. The van der Waals surface area contributed by atoms with Gasteiger partial charge in [-0.2, -0.15) is 15.5 Å². The van der Waals surface area contributed by atoms with E-state index in [-0.39, 0.29) is 12.0 Å². The van der Waals surface area contributed by atoms with Crippen LogP contribution in [0.15, 0.2) is 30.9 Å². The number of carbonyl (C=O) groups is 1. The Morgan fingerprint density at radius 2 is 1.90 bits per heavy atom. The van der Waals surface area contributed by atoms with Crippen molar-refractivity contribution in [1.29, 1.82) is 5.26 Å². The molecule has 1 fully saturated rings. The third-order valence-electron chi connectivity index (χ3n) is 5.39. The van der Waals surface area contributed by atoms with Crippen LogP contribution in [0.25, 0.3) is 16.6 Å². The Balaban J connectivity index is 1.64. The summed E-state index contributed by atoms with van der Waals surface area (Å²) in [4.78, 5) is 14.2. The molecule has 0 unspecified atom stereocenters. The fraction of sp³-hybridized carbons (Fsp3) is 0.455. The molecule has 0 radical (unpaired) electrons. The third-order valence-corrected chi connectivity index (χ3v) is 5.39. The number of hydrogen-bond acceptors (Lipinski definition) is 5. The van der Waals surface area contributed by atoms with E-state index in [9.17, 15) is 10.1 Å². The minimum absolute atomic E-state index is 0.228. The molecule has 0 bridgehead atoms. The molecule has 0 aromatic carbocycles. The van der Waals surface area contributed by atoms with Gasteiger partial charge in [0.1, 0.15) is 11.7 Å². The Morgan fingerprint density at radius 3 is 2.50 bits per heavy atom. The number of rotatable bonds is 2. The molecule has 0 atom stereocenters. The van der Waals surface area contributed by atoms with Gasteiger partial charge in [0, 0.05) is 43.7 Å². The van der Waals surface area contributed by atoms with Crippen LogP contribution in [0.5, 0.6) is 0 Å². The zero-order valence-corrected chi connectivity index (χ0v) is 17.8. The number of ether oxygens (including phenoxy) is 1. The van der Waals surface area contributed by atoms with Crippen LogP contribution in [0.3, 0.4) is 0 Å². The van der Waals surface area contributed by atoms with Gasteiger partial charge in [-0.15, -0.1) is 0 Å². The van der Waals surface area contributed by atoms with Crippen molar-refractivity contribution in [3.8, 4) is 17.2 Å². The van der Waals surface area contributed by atoms with Crippen LogP contribution in [0, 0.1) is 11.3 Å². The quantitative estimate of drug-likeness (QED) is 0.647. The molecule has 1 aliphatic rings. The van der Waals surface area contributed by atoms with E-state index in [0.717, 1.165) is 35.0 Å². The summed E-state index contributed by atoms with van der Waals surface area (Å²) in [6.07, 6.45) is 8.68. The summed E-state index contributed by atoms with van der Waals surface area (Å²) in [5.41, 5.74) is 4.01. The highest BCUT2D eigenvalue weighted by molar-refractivity contribution is 5.73. The molecule has 4 rings (SSSR count). The van der Waals surface area contributed by atoms with Crippen molar-refractivity contribution in [3.05, 3.63) is 42.0 Å². The Morgan fingerprint density at radius 1 is 1.17 bits per heavy atom. The summed E-state index contributed by atoms with van der Waals surface area (Å²) in [5, 5.41) is 18.2. The summed E-state index contributed by atoms with van der Waals surface area (Å²) >= 11 is 0. The number of aryl methyl sites for hydroxylation is 1. The van der Waals surface area contributed by atoms with E-state index >= 15 is 0 Å². The average molecular weight is 406 g/mol. The monoisotopic (exact) mass is 406 g/mol. The predicted molar refractivity (Wildman–Crippen MR) is 112 cm³/mol. The van der Waals surface area contributed by atoms with Crippen molar-refractivity contribution in [2.75, 3.05) is 13.1 Å². The van der Waals surface area contributed by atoms with Crippen molar-refractivity contribution >= 4 is 11.6 Å². The number of piperidine rings is 1. The highest BCUT2D eigenvalue weighted by atomic mass is 16.6. The van der Waals surface area contributed by atoms with Gasteiger partial charge in [-0.25, -0.2) is 9.31 Å². The maximum absolute atomic E-state index is 12.4. The minimum Gasteiger partial charge on any atom is -0.444 e. The second-order valence-electron chi connectivity index (χ2n) is 8.79. The first kappa shape index (κ1) is 20.0. The molecule has 0 N–H and O–H groups in total. The lowest BCUT2D eigenvalue weighted by Gasteiger charge is -2.34. The van der Waals surface area contributed by atoms with E-state index in [4.69, 9.17) is 4.74 Å². The van der Waals surface area contributed by atoms with E-state index in [2.05, 4.69) is 22.3 Å². The standard InChI is InChI=1S/C22H26N6O2/c1-22(2,3)30-21(29)27-7-5-15(6-8-27)19-9-16(18-12-24-26(4)13-18)14-28-20(19)17(10-23)11-25-28/h9,11-15H,5-8H2,1-4H3. The van der Waals surface area contributed by atoms with Crippen LogP contribution >= 0.6 is 0 Å². The van der Waals surface area contributed by atoms with Gasteiger partial charge in [0.25, 0.3) is 0 Å². The van der Waals surface area contributed by atoms with E-state index < -0.39 is 5.60 Å². The lowest BCUT2D eigenvalue weighted by molar-refractivity contribution is 0.0205. The Bertz CT molecular complexity index is 1120. The lowest BCUT2D eigenvalue weighted by Crippen LogP contribution is -2.41. The zero-order chi connectivity index (χ0) is 21.5. The van der Waals surface area contributed by atoms with Crippen LogP contribution in [0.2, 0.25) is 0 Å². The maximum Gasteiger partial charge on any atom is 0.410 e. The number of pyridine rings is 1. The minimum atomic E-state index is -0.503. The number of likely N-dealkylation sites (tertiary alicyclic amines) is 1. The molecule has 8 nitrogen and oxygen atoms in total. The van der Waals surface area contributed by atoms with Gasteiger partial charge in [-0.1, -0.05) is 0 Å². The van der Waals surface area contributed by atoms with Crippen molar-refractivity contribution in [1.82, 2.24) is 24.3 Å². The fourth-order valence-corrected chi connectivity index (χ4v) is 3.97. The van der Waals surface area contributed by atoms with Gasteiger partial charge in [0.05, 0.1) is 23.5 Å². The molecule has 156 valence electrons. The number of hydrogen-bond donors (Lipinski definition) is 0. The number of nitrogens with zero attached hydrogens (tertiary/aromatic N) is 6. The average Bonchev–Trinajstić information content (AvgIpc) is 3.32. The van der Waals surface area contributed by atoms with Gasteiger partial charge < -0.3 is 9.64 Å². The third kappa shape index (κ3) is 3.88. The molecule has 30 heavy (non-hydrogen) atoms. The molecule has 0 aliphatic carbocycles. The van der Waals surface area contributed by atoms with E-state index in [0.29, 0.717) is 18.7 Å². The SMILES string of the molecule is Cn1cc(-c2cc(C3CCN(C(=O)OC(C)(C)C)CC3)c3c(C#N)cnn3c2)cn1. The van der Waals surface area contributed by atoms with E-state index in [1.165, 1.54) is 0 Å². The van der Waals surface area contributed by atoms with Crippen LogP contribution in [0.4, 0.5) is 4.79 Å². The van der Waals surface area contributed by atoms with Crippen LogP contribution in [-0.2, 0) is 11.8 Å². The highest BCUT2D eigenvalue weighted by Gasteiger charge is 2.29. The Labute approximate surface area is 175 Å². The molecular weight excluding hydrogens is 380 g/mol. The molecule has 1 aliphatic heterocycles. The van der Waals surface area contributed by atoms with Gasteiger partial charge >= 0.3 is 6.09 Å². The van der Waals surface area contributed by atoms with Gasteiger partial charge in [-0.3, -0.25) is 4.68 Å². The number of amides is 1. The highest BCUT2D eigenvalue weighted by Crippen LogP contribution is 2.35. The van der Waals surface area contributed by atoms with Gasteiger partial charge in [0.15, 0.2) is 0 Å². The number of fused-ring (bicyclic) bond motifs is 1. The van der Waals surface area contributed by atoms with Crippen molar-refractivity contribution in [2.45, 2.75) is 45.1 Å². The number of carbonyl (C=O) groups excluding carboxylic acids is 1. The fourth-order valence-electron chi connectivity index (χ4n) is 3.97. The van der Waals surface area contributed by atoms with Crippen molar-refractivity contribution in [3.63, 3.8) is 0 Å². The van der Waals surface area contributed by atoms with Crippen LogP contribution in [-0.4, -0.2) is 49.1 Å². The molecule has 1 saturated heterocycles. The van der Waals surface area contributed by atoms with Crippen molar-refractivity contribution < 1.29 is 9.53 Å². The zero-order valence-electron chi connectivity index (χ0n) is 17.8. The molecular formula is C22H26N6O2. The first-order valence-corrected chi connectivity index (χ1v) is 10.1. The topological polar surface area (TPSA) is 88.5 Å². The summed E-state index contributed by atoms with van der Waals surface area (Å²) in [6, 6.07) is 4.40. The smallest absolute Gasteiger partial charge is 0.410 e. The molecule has 1 amide bonds. The van der Waals surface area contributed by atoms with E-state index in [1.807, 2.05) is 46.4 Å². The van der Waals surface area contributed by atoms with Crippen LogP contribution in [0.1, 0.15) is 50.7 Å². The normalized spacial score (nSPS) is 15.4. The van der Waals surface area contributed by atoms with Crippen molar-refractivity contribution in [2.24, 2.45) is 7.05 Å². The molecule has 8 heteroatoms. The molecule has 3 aromatic rings. The lowest BCUT2D eigenvalue weighted by atomic mass is 9.87. The summed E-state index contributed by atoms with van der Waals surface area (Å²) in [5.74, 6) is 0.228. The Hall–Kier alpha value is -3.34. The van der Waals surface area contributed by atoms with Crippen LogP contribution < -0.4 is 0 Å². The maximum atomic E-state index is 12.4. The second-order valence-corrected chi connectivity index (χ2v) is 8.79. The summed E-state index contributed by atoms with van der Waals surface area (Å²) in [7, 11) is 1.89. The molecule has 3 aromatic heterocycles. The van der Waals surface area contributed by atoms with Gasteiger partial charge in [-0.05, 0) is 51.2 Å².